The molecule has 0 atom stereocenters. The molecule has 0 spiro atoms. The highest BCUT2D eigenvalue weighted by molar-refractivity contribution is 5.95. The fourth-order valence-electron chi connectivity index (χ4n) is 1.97. The topological polar surface area (TPSA) is 104 Å². The van der Waals surface area contributed by atoms with E-state index in [1.807, 2.05) is 20.0 Å². The van der Waals surface area contributed by atoms with E-state index in [0.717, 1.165) is 5.69 Å². The molecule has 0 bridgehead atoms. The second kappa shape index (κ2) is 8.56. The lowest BCUT2D eigenvalue weighted by molar-refractivity contribution is -0.115. The monoisotopic (exact) mass is 330 g/mol. The molecule has 1 amide bonds. The summed E-state index contributed by atoms with van der Waals surface area (Å²) in [5, 5.41) is 22.1. The van der Waals surface area contributed by atoms with Gasteiger partial charge in [0.2, 0.25) is 5.91 Å². The summed E-state index contributed by atoms with van der Waals surface area (Å²) >= 11 is 0. The quantitative estimate of drug-likeness (QED) is 0.357. The number of hydrogen-bond acceptors (Lipinski definition) is 4. The number of benzene rings is 1. The lowest BCUT2D eigenvalue weighted by Crippen LogP contribution is -2.41. The average molecular weight is 330 g/mol. The molecule has 0 aliphatic carbocycles. The van der Waals surface area contributed by atoms with Crippen LogP contribution in [0.25, 0.3) is 0 Å². The molecule has 0 radical (unpaired) electrons. The van der Waals surface area contributed by atoms with Crippen molar-refractivity contribution in [3.63, 3.8) is 0 Å². The van der Waals surface area contributed by atoms with Gasteiger partial charge in [-0.25, -0.2) is 4.99 Å². The maximum atomic E-state index is 12.0. The molecular weight excluding hydrogens is 308 g/mol. The molecule has 0 saturated heterocycles. The molecule has 8 heteroatoms. The van der Waals surface area contributed by atoms with Gasteiger partial charge in [0, 0.05) is 25.5 Å². The number of nitrogens with zero attached hydrogens (tertiary/aromatic N) is 3. The number of nitrogens with one attached hydrogen (secondary N) is 3. The number of phenols is 1. The van der Waals surface area contributed by atoms with Gasteiger partial charge in [0.1, 0.15) is 5.75 Å². The minimum absolute atomic E-state index is 0.0814. The Hall–Kier alpha value is -3.03. The van der Waals surface area contributed by atoms with Crippen molar-refractivity contribution < 1.29 is 9.90 Å². The van der Waals surface area contributed by atoms with E-state index in [9.17, 15) is 9.90 Å². The zero-order valence-electron chi connectivity index (χ0n) is 13.8. The number of anilines is 1. The van der Waals surface area contributed by atoms with E-state index in [4.69, 9.17) is 0 Å². The zero-order valence-corrected chi connectivity index (χ0v) is 13.8. The maximum absolute atomic E-state index is 12.0. The SMILES string of the molecule is CCNC(=NCc1ccnn1C)NCC(=O)Nc1ccc(O)cc1. The molecule has 2 aromatic rings. The number of rotatable bonds is 6. The summed E-state index contributed by atoms with van der Waals surface area (Å²) in [7, 11) is 1.86. The van der Waals surface area contributed by atoms with Crippen molar-refractivity contribution in [2.75, 3.05) is 18.4 Å². The Morgan fingerprint density at radius 3 is 2.62 bits per heavy atom. The summed E-state index contributed by atoms with van der Waals surface area (Å²) in [5.74, 6) is 0.509. The predicted molar refractivity (Wildman–Crippen MR) is 92.8 cm³/mol. The second-order valence-corrected chi connectivity index (χ2v) is 5.09. The van der Waals surface area contributed by atoms with Crippen molar-refractivity contribution in [3.8, 4) is 5.75 Å². The highest BCUT2D eigenvalue weighted by Crippen LogP contribution is 2.13. The summed E-state index contributed by atoms with van der Waals surface area (Å²) in [6, 6.07) is 8.19. The Balaban J connectivity index is 1.87. The van der Waals surface area contributed by atoms with Gasteiger partial charge in [-0.2, -0.15) is 5.10 Å². The molecule has 8 nitrogen and oxygen atoms in total. The minimum Gasteiger partial charge on any atom is -0.508 e. The summed E-state index contributed by atoms with van der Waals surface area (Å²) in [6.45, 7) is 3.19. The van der Waals surface area contributed by atoms with E-state index in [2.05, 4.69) is 26.0 Å². The van der Waals surface area contributed by atoms with Gasteiger partial charge in [-0.05, 0) is 37.3 Å². The van der Waals surface area contributed by atoms with Crippen molar-refractivity contribution in [1.82, 2.24) is 20.4 Å². The predicted octanol–water partition coefficient (Wildman–Crippen LogP) is 0.819. The van der Waals surface area contributed by atoms with E-state index >= 15 is 0 Å². The molecule has 1 aromatic carbocycles. The molecule has 0 aliphatic rings. The Bertz CT molecular complexity index is 693. The molecule has 2 rings (SSSR count). The lowest BCUT2D eigenvalue weighted by atomic mass is 10.3. The number of carbonyl (C=O) groups is 1. The van der Waals surface area contributed by atoms with Crippen molar-refractivity contribution >= 4 is 17.6 Å². The van der Waals surface area contributed by atoms with Crippen LogP contribution in [0.4, 0.5) is 5.69 Å². The van der Waals surface area contributed by atoms with Crippen LogP contribution in [0.5, 0.6) is 5.75 Å². The third-order valence-corrected chi connectivity index (χ3v) is 3.23. The smallest absolute Gasteiger partial charge is 0.243 e. The number of carbonyl (C=O) groups excluding carboxylic acids is 1. The third kappa shape index (κ3) is 5.31. The fourth-order valence-corrected chi connectivity index (χ4v) is 1.97. The first kappa shape index (κ1) is 17.3. The van der Waals surface area contributed by atoms with Crippen LogP contribution in [0.2, 0.25) is 0 Å². The normalized spacial score (nSPS) is 11.2. The standard InChI is InChI=1S/C16H22N6O2/c1-3-17-16(18-10-13-8-9-20-22(13)2)19-11-15(24)21-12-4-6-14(23)7-5-12/h4-9,23H,3,10-11H2,1-2H3,(H,21,24)(H2,17,18,19). The third-order valence-electron chi connectivity index (χ3n) is 3.23. The van der Waals surface area contributed by atoms with E-state index in [0.29, 0.717) is 24.7 Å². The number of phenolic OH excluding ortho intramolecular Hbond substituents is 1. The second-order valence-electron chi connectivity index (χ2n) is 5.09. The zero-order chi connectivity index (χ0) is 17.4. The van der Waals surface area contributed by atoms with E-state index < -0.39 is 0 Å². The fraction of sp³-hybridized carbons (Fsp3) is 0.312. The van der Waals surface area contributed by atoms with Crippen molar-refractivity contribution in [2.45, 2.75) is 13.5 Å². The highest BCUT2D eigenvalue weighted by atomic mass is 16.3. The number of hydrogen-bond donors (Lipinski definition) is 4. The molecule has 1 heterocycles. The number of aliphatic imine (C=N–C) groups is 1. The molecule has 0 fully saturated rings. The number of guanidine groups is 1. The first-order valence-corrected chi connectivity index (χ1v) is 7.66. The van der Waals surface area contributed by atoms with Crippen molar-refractivity contribution in [1.29, 1.82) is 0 Å². The summed E-state index contributed by atoms with van der Waals surface area (Å²) in [4.78, 5) is 16.4. The summed E-state index contributed by atoms with van der Waals surface area (Å²) < 4.78 is 1.75. The van der Waals surface area contributed by atoms with Crippen LogP contribution in [-0.2, 0) is 18.4 Å². The first-order valence-electron chi connectivity index (χ1n) is 7.66. The minimum atomic E-state index is -0.202. The van der Waals surface area contributed by atoms with Crippen LogP contribution in [-0.4, -0.2) is 39.8 Å². The maximum Gasteiger partial charge on any atom is 0.243 e. The van der Waals surface area contributed by atoms with Gasteiger partial charge >= 0.3 is 0 Å². The van der Waals surface area contributed by atoms with E-state index in [1.165, 1.54) is 12.1 Å². The number of amides is 1. The van der Waals surface area contributed by atoms with Gasteiger partial charge in [-0.15, -0.1) is 0 Å². The summed E-state index contributed by atoms with van der Waals surface area (Å²) in [6.07, 6.45) is 1.72. The molecule has 128 valence electrons. The van der Waals surface area contributed by atoms with Gasteiger partial charge in [-0.3, -0.25) is 9.48 Å². The molecular formula is C16H22N6O2. The van der Waals surface area contributed by atoms with Crippen LogP contribution in [0.15, 0.2) is 41.5 Å². The van der Waals surface area contributed by atoms with Crippen molar-refractivity contribution in [2.24, 2.45) is 12.0 Å². The van der Waals surface area contributed by atoms with E-state index in [-0.39, 0.29) is 18.2 Å². The molecule has 0 saturated carbocycles. The van der Waals surface area contributed by atoms with Gasteiger partial charge < -0.3 is 21.1 Å². The Kier molecular flexibility index (Phi) is 6.18. The van der Waals surface area contributed by atoms with Crippen molar-refractivity contribution in [3.05, 3.63) is 42.2 Å². The van der Waals surface area contributed by atoms with Crippen LogP contribution >= 0.6 is 0 Å². The Morgan fingerprint density at radius 1 is 1.25 bits per heavy atom. The Morgan fingerprint density at radius 2 is 2.00 bits per heavy atom. The lowest BCUT2D eigenvalue weighted by Gasteiger charge is -2.11. The molecule has 0 aliphatic heterocycles. The Labute approximate surface area is 140 Å². The van der Waals surface area contributed by atoms with Gasteiger partial charge in [0.15, 0.2) is 5.96 Å². The number of aromatic nitrogens is 2. The van der Waals surface area contributed by atoms with E-state index in [1.54, 1.807) is 23.0 Å². The van der Waals surface area contributed by atoms with Crippen LogP contribution in [0.3, 0.4) is 0 Å². The summed E-state index contributed by atoms with van der Waals surface area (Å²) in [5.41, 5.74) is 1.59. The number of aromatic hydroxyl groups is 1. The molecule has 4 N–H and O–H groups in total. The first-order chi connectivity index (χ1) is 11.6. The average Bonchev–Trinajstić information content (AvgIpc) is 2.97. The molecule has 24 heavy (non-hydrogen) atoms. The molecule has 0 unspecified atom stereocenters. The molecule has 1 aromatic heterocycles. The largest absolute Gasteiger partial charge is 0.508 e. The highest BCUT2D eigenvalue weighted by Gasteiger charge is 2.05. The van der Waals surface area contributed by atoms with Gasteiger partial charge in [-0.1, -0.05) is 0 Å². The van der Waals surface area contributed by atoms with Crippen LogP contribution in [0, 0.1) is 0 Å². The van der Waals surface area contributed by atoms with Crippen LogP contribution < -0.4 is 16.0 Å². The van der Waals surface area contributed by atoms with Gasteiger partial charge in [0.05, 0.1) is 18.8 Å². The van der Waals surface area contributed by atoms with Crippen LogP contribution in [0.1, 0.15) is 12.6 Å². The van der Waals surface area contributed by atoms with Gasteiger partial charge in [0.25, 0.3) is 0 Å². The number of aryl methyl sites for hydroxylation is 1.